The number of hydrogen-bond donors (Lipinski definition) is 1. The minimum atomic E-state index is -0.711. The van der Waals surface area contributed by atoms with E-state index in [0.717, 1.165) is 0 Å². The van der Waals surface area contributed by atoms with Gasteiger partial charge in [-0.1, -0.05) is 49.3 Å². The van der Waals surface area contributed by atoms with Crippen LogP contribution in [0.3, 0.4) is 0 Å². The van der Waals surface area contributed by atoms with Crippen LogP contribution < -0.4 is 0 Å². The van der Waals surface area contributed by atoms with E-state index in [1.807, 2.05) is 0 Å². The molecule has 0 aromatic rings. The Morgan fingerprint density at radius 3 is 2.33 bits per heavy atom. The average molecular weight is 208 g/mol. The molecule has 0 aromatic heterocycles. The summed E-state index contributed by atoms with van der Waals surface area (Å²) in [6, 6.07) is 0. The first kappa shape index (κ1) is 12.2. The molecule has 12 heavy (non-hydrogen) atoms. The van der Waals surface area contributed by atoms with E-state index >= 15 is 0 Å². The minimum absolute atomic E-state index is 0.211. The Labute approximate surface area is 81.9 Å². The van der Waals surface area contributed by atoms with Gasteiger partial charge >= 0.3 is 5.97 Å². The molecule has 0 saturated heterocycles. The minimum Gasteiger partial charge on any atom is -0.481 e. The number of hydrogen-bond acceptors (Lipinski definition) is 3. The molecule has 0 aromatic carbocycles. The van der Waals surface area contributed by atoms with E-state index in [2.05, 4.69) is 20.8 Å². The fraction of sp³-hybridized carbons (Fsp3) is 0.875. The van der Waals surface area contributed by atoms with Gasteiger partial charge in [-0.3, -0.25) is 4.79 Å². The van der Waals surface area contributed by atoms with E-state index in [4.69, 9.17) is 5.11 Å². The van der Waals surface area contributed by atoms with Crippen LogP contribution in [0.4, 0.5) is 0 Å². The molecule has 0 bridgehead atoms. The van der Waals surface area contributed by atoms with E-state index in [1.54, 1.807) is 28.5 Å². The third-order valence-electron chi connectivity index (χ3n) is 1.05. The smallest absolute Gasteiger partial charge is 0.307 e. The predicted molar refractivity (Wildman–Crippen MR) is 56.6 cm³/mol. The molecule has 0 rings (SSSR count). The number of carbonyl (C=O) groups is 1. The van der Waals surface area contributed by atoms with Crippen LogP contribution in [-0.2, 0) is 4.79 Å². The van der Waals surface area contributed by atoms with Gasteiger partial charge in [0.2, 0.25) is 0 Å². The van der Waals surface area contributed by atoms with Gasteiger partial charge in [-0.15, -0.1) is 0 Å². The van der Waals surface area contributed by atoms with Crippen molar-refractivity contribution in [2.24, 2.45) is 5.92 Å². The summed E-state index contributed by atoms with van der Waals surface area (Å²) in [6.45, 7) is 8.10. The topological polar surface area (TPSA) is 37.3 Å². The lowest BCUT2D eigenvalue weighted by Crippen LogP contribution is -2.12. The second kappa shape index (κ2) is 5.02. The largest absolute Gasteiger partial charge is 0.481 e. The van der Waals surface area contributed by atoms with Gasteiger partial charge in [-0.05, 0) is 0 Å². The molecule has 0 aliphatic heterocycles. The van der Waals surface area contributed by atoms with Crippen LogP contribution in [0, 0.1) is 5.92 Å². The summed E-state index contributed by atoms with van der Waals surface area (Å²) < 4.78 is 0.211. The molecule has 0 saturated carbocycles. The van der Waals surface area contributed by atoms with Crippen molar-refractivity contribution in [3.05, 3.63) is 0 Å². The van der Waals surface area contributed by atoms with E-state index in [1.165, 1.54) is 0 Å². The SMILES string of the molecule is CC(CSSC(C)(C)C)C(=O)O. The van der Waals surface area contributed by atoms with Crippen molar-refractivity contribution in [2.45, 2.75) is 32.4 Å². The Bertz CT molecular complexity index is 152. The maximum absolute atomic E-state index is 10.4. The van der Waals surface area contributed by atoms with E-state index in [9.17, 15) is 4.79 Å². The Balaban J connectivity index is 3.51. The van der Waals surface area contributed by atoms with Gasteiger partial charge in [0.05, 0.1) is 5.92 Å². The van der Waals surface area contributed by atoms with Gasteiger partial charge in [0.25, 0.3) is 0 Å². The van der Waals surface area contributed by atoms with Crippen LogP contribution in [0.5, 0.6) is 0 Å². The third kappa shape index (κ3) is 6.85. The summed E-state index contributed by atoms with van der Waals surface area (Å²) in [4.78, 5) is 10.4. The van der Waals surface area contributed by atoms with Crippen molar-refractivity contribution in [1.29, 1.82) is 0 Å². The van der Waals surface area contributed by atoms with E-state index < -0.39 is 5.97 Å². The molecule has 1 unspecified atom stereocenters. The van der Waals surface area contributed by atoms with Gasteiger partial charge in [-0.2, -0.15) is 0 Å². The summed E-state index contributed by atoms with van der Waals surface area (Å²) in [5.41, 5.74) is 0. The van der Waals surface area contributed by atoms with Crippen LogP contribution in [0.15, 0.2) is 0 Å². The third-order valence-corrected chi connectivity index (χ3v) is 4.56. The molecule has 0 spiro atoms. The van der Waals surface area contributed by atoms with Crippen molar-refractivity contribution >= 4 is 27.6 Å². The molecular weight excluding hydrogens is 192 g/mol. The summed E-state index contributed by atoms with van der Waals surface area (Å²) in [5.74, 6) is -0.279. The molecule has 1 N–H and O–H groups in total. The van der Waals surface area contributed by atoms with Gasteiger partial charge in [0.1, 0.15) is 0 Å². The van der Waals surface area contributed by atoms with Crippen LogP contribution in [0.2, 0.25) is 0 Å². The first-order valence-electron chi connectivity index (χ1n) is 3.86. The maximum atomic E-state index is 10.4. The number of aliphatic carboxylic acids is 1. The first-order valence-corrected chi connectivity index (χ1v) is 6.18. The molecule has 0 fully saturated rings. The van der Waals surface area contributed by atoms with Gasteiger partial charge in [0.15, 0.2) is 0 Å². The lowest BCUT2D eigenvalue weighted by atomic mass is 10.2. The molecule has 2 nitrogen and oxygen atoms in total. The zero-order valence-corrected chi connectivity index (χ0v) is 9.59. The Morgan fingerprint density at radius 1 is 1.50 bits per heavy atom. The zero-order valence-electron chi connectivity index (χ0n) is 7.96. The predicted octanol–water partition coefficient (Wildman–Crippen LogP) is 2.89. The van der Waals surface area contributed by atoms with E-state index in [-0.39, 0.29) is 10.7 Å². The molecular formula is C8H16O2S2. The maximum Gasteiger partial charge on any atom is 0.307 e. The van der Waals surface area contributed by atoms with Gasteiger partial charge in [0, 0.05) is 10.5 Å². The number of rotatable bonds is 4. The Morgan fingerprint density at radius 2 is 2.00 bits per heavy atom. The molecule has 72 valence electrons. The Hall–Kier alpha value is 0.170. The molecule has 1 atom stereocenters. The highest BCUT2D eigenvalue weighted by Crippen LogP contribution is 2.35. The number of carboxylic acids is 1. The average Bonchev–Trinajstić information content (AvgIpc) is 1.84. The van der Waals surface area contributed by atoms with Crippen LogP contribution in [-0.4, -0.2) is 21.6 Å². The molecule has 0 radical (unpaired) electrons. The summed E-state index contributed by atoms with van der Waals surface area (Å²) in [5, 5.41) is 8.59. The molecule has 0 heterocycles. The van der Waals surface area contributed by atoms with Crippen molar-refractivity contribution in [3.8, 4) is 0 Å². The molecule has 0 aliphatic carbocycles. The highest BCUT2D eigenvalue weighted by atomic mass is 33.1. The summed E-state index contributed by atoms with van der Waals surface area (Å²) >= 11 is 0. The van der Waals surface area contributed by atoms with E-state index in [0.29, 0.717) is 5.75 Å². The second-order valence-electron chi connectivity index (χ2n) is 3.72. The Kier molecular flexibility index (Phi) is 5.09. The van der Waals surface area contributed by atoms with Crippen molar-refractivity contribution < 1.29 is 9.90 Å². The first-order chi connectivity index (χ1) is 5.33. The monoisotopic (exact) mass is 208 g/mol. The fourth-order valence-corrected chi connectivity index (χ4v) is 3.03. The van der Waals surface area contributed by atoms with Crippen LogP contribution in [0.25, 0.3) is 0 Å². The highest BCUT2D eigenvalue weighted by Gasteiger charge is 2.15. The fourth-order valence-electron chi connectivity index (χ4n) is 0.384. The van der Waals surface area contributed by atoms with Crippen molar-refractivity contribution in [1.82, 2.24) is 0 Å². The molecule has 4 heteroatoms. The van der Waals surface area contributed by atoms with Gasteiger partial charge < -0.3 is 5.11 Å². The van der Waals surface area contributed by atoms with Crippen LogP contribution >= 0.6 is 21.6 Å². The second-order valence-corrected chi connectivity index (χ2v) is 6.89. The standard InChI is InChI=1S/C8H16O2S2/c1-6(7(9)10)5-11-12-8(2,3)4/h6H,5H2,1-4H3,(H,9,10). The van der Waals surface area contributed by atoms with Gasteiger partial charge in [-0.25, -0.2) is 0 Å². The van der Waals surface area contributed by atoms with Crippen LogP contribution in [0.1, 0.15) is 27.7 Å². The lowest BCUT2D eigenvalue weighted by molar-refractivity contribution is -0.140. The normalized spacial score (nSPS) is 14.3. The van der Waals surface area contributed by atoms with Crippen molar-refractivity contribution in [2.75, 3.05) is 5.75 Å². The summed E-state index contributed by atoms with van der Waals surface area (Å²) in [6.07, 6.45) is 0. The van der Waals surface area contributed by atoms with Crippen molar-refractivity contribution in [3.63, 3.8) is 0 Å². The molecule has 0 amide bonds. The molecule has 0 aliphatic rings. The quantitative estimate of drug-likeness (QED) is 0.721. The zero-order chi connectivity index (χ0) is 9.78. The highest BCUT2D eigenvalue weighted by molar-refractivity contribution is 8.77. The summed E-state index contributed by atoms with van der Waals surface area (Å²) in [7, 11) is 3.37. The number of carboxylic acid groups (broad SMARTS) is 1. The lowest BCUT2D eigenvalue weighted by Gasteiger charge is -2.16.